The van der Waals surface area contributed by atoms with Crippen molar-refractivity contribution >= 4 is 49.2 Å². The molecule has 0 aliphatic rings. The number of carbonyl (C=O) groups is 1. The van der Waals surface area contributed by atoms with E-state index >= 15 is 0 Å². The molecule has 104 valence electrons. The lowest BCUT2D eigenvalue weighted by molar-refractivity contribution is 0.103. The van der Waals surface area contributed by atoms with Crippen LogP contribution in [0.25, 0.3) is 0 Å². The summed E-state index contributed by atoms with van der Waals surface area (Å²) in [5, 5.41) is 0.417. The van der Waals surface area contributed by atoms with Crippen LogP contribution in [0.2, 0.25) is 5.02 Å². The van der Waals surface area contributed by atoms with Gasteiger partial charge in [-0.25, -0.2) is 0 Å². The second-order valence-electron chi connectivity index (χ2n) is 4.03. The molecule has 0 radical (unpaired) electrons. The lowest BCUT2D eigenvalue weighted by atomic mass is 10.0. The van der Waals surface area contributed by atoms with Crippen LogP contribution in [0.5, 0.6) is 5.75 Å². The van der Waals surface area contributed by atoms with Crippen molar-refractivity contribution in [2.75, 3.05) is 6.61 Å². The molecular formula is C15H11Br2ClO2. The van der Waals surface area contributed by atoms with E-state index in [9.17, 15) is 4.79 Å². The largest absolute Gasteiger partial charge is 0.493 e. The standard InChI is InChI=1S/C15H11Br2ClO2/c1-2-20-14-6-4-10(17)8-12(14)15(19)11-7-9(16)3-5-13(11)18/h3-8H,2H2,1H3. The lowest BCUT2D eigenvalue weighted by Gasteiger charge is -2.11. The van der Waals surface area contributed by atoms with Crippen molar-refractivity contribution in [3.8, 4) is 5.75 Å². The number of ketones is 1. The first-order valence-electron chi connectivity index (χ1n) is 5.95. The highest BCUT2D eigenvalue weighted by Gasteiger charge is 2.18. The molecule has 0 aliphatic carbocycles. The van der Waals surface area contributed by atoms with Gasteiger partial charge in [-0.05, 0) is 43.3 Å². The SMILES string of the molecule is CCOc1ccc(Br)cc1C(=O)c1cc(Br)ccc1Cl. The number of ether oxygens (including phenoxy) is 1. The predicted molar refractivity (Wildman–Crippen MR) is 87.9 cm³/mol. The molecule has 0 N–H and O–H groups in total. The van der Waals surface area contributed by atoms with Crippen LogP contribution in [0.1, 0.15) is 22.8 Å². The summed E-state index contributed by atoms with van der Waals surface area (Å²) in [7, 11) is 0. The van der Waals surface area contributed by atoms with Gasteiger partial charge in [-0.3, -0.25) is 4.79 Å². The summed E-state index contributed by atoms with van der Waals surface area (Å²) in [6.07, 6.45) is 0. The van der Waals surface area contributed by atoms with Crippen LogP contribution >= 0.6 is 43.5 Å². The first kappa shape index (κ1) is 15.5. The van der Waals surface area contributed by atoms with Crippen molar-refractivity contribution in [3.63, 3.8) is 0 Å². The fourth-order valence-electron chi connectivity index (χ4n) is 1.78. The van der Waals surface area contributed by atoms with Crippen LogP contribution in [0.15, 0.2) is 45.3 Å². The van der Waals surface area contributed by atoms with Gasteiger partial charge in [0.1, 0.15) is 5.75 Å². The van der Waals surface area contributed by atoms with Gasteiger partial charge in [0.25, 0.3) is 0 Å². The highest BCUT2D eigenvalue weighted by Crippen LogP contribution is 2.29. The molecule has 2 aromatic carbocycles. The number of hydrogen-bond acceptors (Lipinski definition) is 2. The van der Waals surface area contributed by atoms with Gasteiger partial charge >= 0.3 is 0 Å². The molecule has 2 nitrogen and oxygen atoms in total. The van der Waals surface area contributed by atoms with Crippen LogP contribution in [0, 0.1) is 0 Å². The third-order valence-corrected chi connectivity index (χ3v) is 3.98. The summed E-state index contributed by atoms with van der Waals surface area (Å²) >= 11 is 12.8. The Hall–Kier alpha value is -0.840. The maximum Gasteiger partial charge on any atom is 0.198 e. The number of halogens is 3. The Labute approximate surface area is 139 Å². The van der Waals surface area contributed by atoms with Gasteiger partial charge in [-0.2, -0.15) is 0 Å². The fourth-order valence-corrected chi connectivity index (χ4v) is 2.70. The first-order chi connectivity index (χ1) is 9.52. The molecule has 0 unspecified atom stereocenters. The molecule has 0 aliphatic heterocycles. The van der Waals surface area contributed by atoms with E-state index in [1.165, 1.54) is 0 Å². The van der Waals surface area contributed by atoms with Crippen LogP contribution in [0.4, 0.5) is 0 Å². The van der Waals surface area contributed by atoms with E-state index in [1.807, 2.05) is 13.0 Å². The van der Waals surface area contributed by atoms with Crippen molar-refractivity contribution < 1.29 is 9.53 Å². The average molecular weight is 419 g/mol. The van der Waals surface area contributed by atoms with Crippen LogP contribution in [-0.2, 0) is 0 Å². The predicted octanol–water partition coefficient (Wildman–Crippen LogP) is 5.49. The van der Waals surface area contributed by atoms with Gasteiger partial charge in [0.2, 0.25) is 0 Å². The molecule has 0 spiro atoms. The number of hydrogen-bond donors (Lipinski definition) is 0. The summed E-state index contributed by atoms with van der Waals surface area (Å²) in [6, 6.07) is 10.5. The molecule has 20 heavy (non-hydrogen) atoms. The zero-order valence-electron chi connectivity index (χ0n) is 10.6. The summed E-state index contributed by atoms with van der Waals surface area (Å²) in [5.41, 5.74) is 0.932. The van der Waals surface area contributed by atoms with Gasteiger partial charge in [0.15, 0.2) is 5.78 Å². The van der Waals surface area contributed by atoms with Crippen LogP contribution in [0.3, 0.4) is 0 Å². The second-order valence-corrected chi connectivity index (χ2v) is 6.27. The molecule has 0 atom stereocenters. The second kappa shape index (κ2) is 6.74. The van der Waals surface area contributed by atoms with Crippen molar-refractivity contribution in [1.29, 1.82) is 0 Å². The molecule has 0 saturated carbocycles. The molecule has 2 rings (SSSR count). The zero-order chi connectivity index (χ0) is 14.7. The lowest BCUT2D eigenvalue weighted by Crippen LogP contribution is -2.06. The molecule has 0 bridgehead atoms. The van der Waals surface area contributed by atoms with E-state index in [0.717, 1.165) is 8.95 Å². The minimum absolute atomic E-state index is 0.166. The Kier molecular flexibility index (Phi) is 5.24. The van der Waals surface area contributed by atoms with Gasteiger partial charge in [-0.1, -0.05) is 43.5 Å². The molecule has 2 aromatic rings. The molecule has 0 aromatic heterocycles. The van der Waals surface area contributed by atoms with Gasteiger partial charge in [-0.15, -0.1) is 0 Å². The van der Waals surface area contributed by atoms with Crippen LogP contribution in [-0.4, -0.2) is 12.4 Å². The summed E-state index contributed by atoms with van der Waals surface area (Å²) in [4.78, 5) is 12.7. The summed E-state index contributed by atoms with van der Waals surface area (Å²) < 4.78 is 7.13. The molecular weight excluding hydrogens is 407 g/mol. The zero-order valence-corrected chi connectivity index (χ0v) is 14.5. The Morgan fingerprint density at radius 1 is 1.10 bits per heavy atom. The van der Waals surface area contributed by atoms with Crippen molar-refractivity contribution in [1.82, 2.24) is 0 Å². The van der Waals surface area contributed by atoms with Gasteiger partial charge < -0.3 is 4.74 Å². The Bertz CT molecular complexity index is 656. The van der Waals surface area contributed by atoms with E-state index < -0.39 is 0 Å². The van der Waals surface area contributed by atoms with Crippen molar-refractivity contribution in [2.45, 2.75) is 6.92 Å². The highest BCUT2D eigenvalue weighted by molar-refractivity contribution is 9.10. The first-order valence-corrected chi connectivity index (χ1v) is 7.91. The highest BCUT2D eigenvalue weighted by atomic mass is 79.9. The van der Waals surface area contributed by atoms with E-state index in [4.69, 9.17) is 16.3 Å². The number of carbonyl (C=O) groups excluding carboxylic acids is 1. The minimum Gasteiger partial charge on any atom is -0.493 e. The minimum atomic E-state index is -0.166. The topological polar surface area (TPSA) is 26.3 Å². The molecule has 0 fully saturated rings. The summed E-state index contributed by atoms with van der Waals surface area (Å²) in [5.74, 6) is 0.387. The average Bonchev–Trinajstić information content (AvgIpc) is 2.43. The maximum absolute atomic E-state index is 12.7. The molecule has 0 heterocycles. The third-order valence-electron chi connectivity index (χ3n) is 2.66. The van der Waals surface area contributed by atoms with E-state index in [-0.39, 0.29) is 5.78 Å². The third kappa shape index (κ3) is 3.43. The van der Waals surface area contributed by atoms with Crippen LogP contribution < -0.4 is 4.74 Å². The van der Waals surface area contributed by atoms with E-state index in [1.54, 1.807) is 30.3 Å². The summed E-state index contributed by atoms with van der Waals surface area (Å²) in [6.45, 7) is 2.37. The monoisotopic (exact) mass is 416 g/mol. The van der Waals surface area contributed by atoms with Gasteiger partial charge in [0.05, 0.1) is 17.2 Å². The smallest absolute Gasteiger partial charge is 0.198 e. The maximum atomic E-state index is 12.7. The molecule has 0 saturated heterocycles. The van der Waals surface area contributed by atoms with E-state index in [2.05, 4.69) is 31.9 Å². The Morgan fingerprint density at radius 3 is 2.35 bits per heavy atom. The molecule has 0 amide bonds. The van der Waals surface area contributed by atoms with Gasteiger partial charge in [0, 0.05) is 14.5 Å². The Balaban J connectivity index is 2.52. The van der Waals surface area contributed by atoms with Crippen molar-refractivity contribution in [3.05, 3.63) is 61.5 Å². The van der Waals surface area contributed by atoms with E-state index in [0.29, 0.717) is 28.5 Å². The Morgan fingerprint density at radius 2 is 1.70 bits per heavy atom. The number of rotatable bonds is 4. The quantitative estimate of drug-likeness (QED) is 0.614. The fraction of sp³-hybridized carbons (Fsp3) is 0.133. The normalized spacial score (nSPS) is 10.4. The molecule has 5 heteroatoms. The van der Waals surface area contributed by atoms with Crippen molar-refractivity contribution in [2.24, 2.45) is 0 Å². The number of benzene rings is 2.